The van der Waals surface area contributed by atoms with Crippen LogP contribution in [0.1, 0.15) is 25.3 Å². The molecular weight excluding hydrogens is 179 g/mol. The van der Waals surface area contributed by atoms with E-state index in [0.717, 1.165) is 30.3 Å². The van der Waals surface area contributed by atoms with E-state index < -0.39 is 0 Å². The lowest BCUT2D eigenvalue weighted by Crippen LogP contribution is -1.87. The highest BCUT2D eigenvalue weighted by Crippen LogP contribution is 2.18. The number of unbranched alkanes of at least 4 members (excludes halogenated alkanes) is 1. The lowest BCUT2D eigenvalue weighted by Gasteiger charge is -2.00. The fourth-order valence-corrected chi connectivity index (χ4v) is 1.59. The van der Waals surface area contributed by atoms with E-state index in [1.165, 1.54) is 6.20 Å². The Morgan fingerprint density at radius 2 is 2.29 bits per heavy atom. The Hall–Kier alpha value is -1.38. The zero-order valence-corrected chi connectivity index (χ0v) is 8.18. The van der Waals surface area contributed by atoms with E-state index >= 15 is 0 Å². The number of aromatic amines is 1. The van der Waals surface area contributed by atoms with Crippen LogP contribution in [0.2, 0.25) is 0 Å². The van der Waals surface area contributed by atoms with Crippen LogP contribution in [0.15, 0.2) is 18.3 Å². The number of aryl methyl sites for hydroxylation is 1. The molecule has 0 aliphatic carbocycles. The fraction of sp³-hybridized carbons (Fsp3) is 0.364. The molecule has 1 heterocycles. The average molecular weight is 192 g/mol. The molecule has 14 heavy (non-hydrogen) atoms. The Kier molecular flexibility index (Phi) is 2.48. The molecular formula is C11H13FN2. The van der Waals surface area contributed by atoms with Gasteiger partial charge in [0.2, 0.25) is 0 Å². The second-order valence-corrected chi connectivity index (χ2v) is 3.51. The third kappa shape index (κ3) is 1.62. The number of H-pyrrole nitrogens is 1. The Bertz CT molecular complexity index is 434. The quantitative estimate of drug-likeness (QED) is 0.795. The second-order valence-electron chi connectivity index (χ2n) is 3.51. The minimum Gasteiger partial charge on any atom is -0.278 e. The van der Waals surface area contributed by atoms with Gasteiger partial charge in [-0.05, 0) is 30.5 Å². The summed E-state index contributed by atoms with van der Waals surface area (Å²) in [6, 6.07) is 3.58. The Balaban J connectivity index is 2.38. The van der Waals surface area contributed by atoms with Crippen molar-refractivity contribution in [3.8, 4) is 0 Å². The molecule has 0 unspecified atom stereocenters. The largest absolute Gasteiger partial charge is 0.278 e. The normalized spacial score (nSPS) is 11.0. The van der Waals surface area contributed by atoms with Crippen molar-refractivity contribution in [2.24, 2.45) is 0 Å². The van der Waals surface area contributed by atoms with E-state index in [9.17, 15) is 4.39 Å². The number of aromatic nitrogens is 2. The summed E-state index contributed by atoms with van der Waals surface area (Å²) in [6.45, 7) is 2.13. The van der Waals surface area contributed by atoms with Gasteiger partial charge in [0.1, 0.15) is 5.82 Å². The number of hydrogen-bond acceptors (Lipinski definition) is 1. The van der Waals surface area contributed by atoms with Crippen molar-refractivity contribution in [1.82, 2.24) is 10.2 Å². The van der Waals surface area contributed by atoms with Gasteiger partial charge in [0.25, 0.3) is 0 Å². The van der Waals surface area contributed by atoms with Crippen LogP contribution in [0.25, 0.3) is 10.9 Å². The van der Waals surface area contributed by atoms with Crippen molar-refractivity contribution in [1.29, 1.82) is 0 Å². The number of fused-ring (bicyclic) bond motifs is 1. The highest BCUT2D eigenvalue weighted by atomic mass is 19.1. The van der Waals surface area contributed by atoms with Gasteiger partial charge in [-0.2, -0.15) is 5.10 Å². The van der Waals surface area contributed by atoms with Gasteiger partial charge in [-0.3, -0.25) is 5.10 Å². The van der Waals surface area contributed by atoms with Gasteiger partial charge in [0.15, 0.2) is 0 Å². The number of rotatable bonds is 3. The van der Waals surface area contributed by atoms with Crippen molar-refractivity contribution in [3.05, 3.63) is 29.7 Å². The van der Waals surface area contributed by atoms with Gasteiger partial charge in [0, 0.05) is 0 Å². The molecule has 1 aromatic carbocycles. The third-order valence-corrected chi connectivity index (χ3v) is 2.39. The number of nitrogens with zero attached hydrogens (tertiary/aromatic N) is 1. The lowest BCUT2D eigenvalue weighted by atomic mass is 10.1. The van der Waals surface area contributed by atoms with Crippen LogP contribution >= 0.6 is 0 Å². The SMILES string of the molecule is CCCCc1cc(F)c2cn[nH]c2c1. The number of halogens is 1. The van der Waals surface area contributed by atoms with E-state index in [2.05, 4.69) is 17.1 Å². The summed E-state index contributed by atoms with van der Waals surface area (Å²) in [5.41, 5.74) is 1.83. The molecule has 0 saturated heterocycles. The molecule has 0 amide bonds. The van der Waals surface area contributed by atoms with E-state index in [4.69, 9.17) is 0 Å². The standard InChI is InChI=1S/C11H13FN2/c1-2-3-4-8-5-10(12)9-7-13-14-11(9)6-8/h5-7H,2-4H2,1H3,(H,13,14). The van der Waals surface area contributed by atoms with Crippen LogP contribution in [-0.2, 0) is 6.42 Å². The first-order valence-corrected chi connectivity index (χ1v) is 4.92. The molecule has 0 atom stereocenters. The Labute approximate surface area is 82.1 Å². The molecule has 0 radical (unpaired) electrons. The Morgan fingerprint density at radius 1 is 1.43 bits per heavy atom. The van der Waals surface area contributed by atoms with Crippen molar-refractivity contribution in [3.63, 3.8) is 0 Å². The van der Waals surface area contributed by atoms with Crippen LogP contribution in [0.5, 0.6) is 0 Å². The average Bonchev–Trinajstić information content (AvgIpc) is 2.63. The highest BCUT2D eigenvalue weighted by Gasteiger charge is 2.04. The smallest absolute Gasteiger partial charge is 0.134 e. The monoisotopic (exact) mass is 192 g/mol. The first-order chi connectivity index (χ1) is 6.81. The summed E-state index contributed by atoms with van der Waals surface area (Å²) >= 11 is 0. The summed E-state index contributed by atoms with van der Waals surface area (Å²) in [4.78, 5) is 0. The van der Waals surface area contributed by atoms with E-state index in [1.807, 2.05) is 6.07 Å². The summed E-state index contributed by atoms with van der Waals surface area (Å²) < 4.78 is 13.4. The molecule has 1 aromatic heterocycles. The molecule has 1 N–H and O–H groups in total. The number of benzene rings is 1. The van der Waals surface area contributed by atoms with E-state index in [0.29, 0.717) is 5.39 Å². The minimum atomic E-state index is -0.178. The maximum absolute atomic E-state index is 13.4. The molecule has 0 fully saturated rings. The topological polar surface area (TPSA) is 28.7 Å². The second kappa shape index (κ2) is 3.78. The zero-order valence-electron chi connectivity index (χ0n) is 8.18. The van der Waals surface area contributed by atoms with Gasteiger partial charge in [-0.25, -0.2) is 4.39 Å². The maximum Gasteiger partial charge on any atom is 0.134 e. The van der Waals surface area contributed by atoms with Crippen LogP contribution in [0.3, 0.4) is 0 Å². The molecule has 2 nitrogen and oxygen atoms in total. The molecule has 2 rings (SSSR count). The van der Waals surface area contributed by atoms with Crippen molar-refractivity contribution in [2.45, 2.75) is 26.2 Å². The molecule has 0 saturated carbocycles. The number of hydrogen-bond donors (Lipinski definition) is 1. The van der Waals surface area contributed by atoms with Gasteiger partial charge in [-0.1, -0.05) is 13.3 Å². The summed E-state index contributed by atoms with van der Waals surface area (Å²) in [5, 5.41) is 7.18. The van der Waals surface area contributed by atoms with Crippen molar-refractivity contribution < 1.29 is 4.39 Å². The first-order valence-electron chi connectivity index (χ1n) is 4.92. The van der Waals surface area contributed by atoms with Crippen LogP contribution in [0, 0.1) is 5.82 Å². The third-order valence-electron chi connectivity index (χ3n) is 2.39. The molecule has 0 aliphatic heterocycles. The molecule has 2 aromatic rings. The molecule has 0 bridgehead atoms. The zero-order chi connectivity index (χ0) is 9.97. The van der Waals surface area contributed by atoms with E-state index in [1.54, 1.807) is 6.07 Å². The minimum absolute atomic E-state index is 0.178. The van der Waals surface area contributed by atoms with Crippen molar-refractivity contribution in [2.75, 3.05) is 0 Å². The van der Waals surface area contributed by atoms with Gasteiger partial charge in [-0.15, -0.1) is 0 Å². The van der Waals surface area contributed by atoms with Gasteiger partial charge in [0.05, 0.1) is 17.1 Å². The Morgan fingerprint density at radius 3 is 3.07 bits per heavy atom. The lowest BCUT2D eigenvalue weighted by molar-refractivity contribution is 0.636. The van der Waals surface area contributed by atoms with Gasteiger partial charge >= 0.3 is 0 Å². The summed E-state index contributed by atoms with van der Waals surface area (Å²) in [7, 11) is 0. The summed E-state index contributed by atoms with van der Waals surface area (Å²) in [6.07, 6.45) is 4.68. The molecule has 0 aliphatic rings. The predicted molar refractivity (Wildman–Crippen MR) is 54.7 cm³/mol. The fourth-order valence-electron chi connectivity index (χ4n) is 1.59. The maximum atomic E-state index is 13.4. The molecule has 3 heteroatoms. The van der Waals surface area contributed by atoms with Crippen LogP contribution in [-0.4, -0.2) is 10.2 Å². The van der Waals surface area contributed by atoms with Crippen molar-refractivity contribution >= 4 is 10.9 Å². The summed E-state index contributed by atoms with van der Waals surface area (Å²) in [5.74, 6) is -0.178. The molecule has 74 valence electrons. The van der Waals surface area contributed by atoms with Crippen LogP contribution < -0.4 is 0 Å². The molecule has 0 spiro atoms. The first kappa shape index (κ1) is 9.19. The van der Waals surface area contributed by atoms with Crippen LogP contribution in [0.4, 0.5) is 4.39 Å². The number of nitrogens with one attached hydrogen (secondary N) is 1. The van der Waals surface area contributed by atoms with Gasteiger partial charge < -0.3 is 0 Å². The predicted octanol–water partition coefficient (Wildman–Crippen LogP) is 3.04. The highest BCUT2D eigenvalue weighted by molar-refractivity contribution is 5.79. The van der Waals surface area contributed by atoms with E-state index in [-0.39, 0.29) is 5.82 Å².